The van der Waals surface area contributed by atoms with Crippen molar-refractivity contribution in [2.45, 2.75) is 0 Å². The van der Waals surface area contributed by atoms with Crippen molar-refractivity contribution in [3.05, 3.63) is 54.1 Å². The molecule has 0 fully saturated rings. The van der Waals surface area contributed by atoms with E-state index in [1.807, 2.05) is 36.4 Å². The van der Waals surface area contributed by atoms with Gasteiger partial charge in [-0.25, -0.2) is 0 Å². The number of nitrogens with zero attached hydrogens (tertiary/aromatic N) is 5. The van der Waals surface area contributed by atoms with Gasteiger partial charge in [-0.1, -0.05) is 30.3 Å². The van der Waals surface area contributed by atoms with Crippen LogP contribution < -0.4 is 5.73 Å². The molecule has 0 amide bonds. The molecule has 1 heterocycles. The Bertz CT molecular complexity index is 785. The summed E-state index contributed by atoms with van der Waals surface area (Å²) < 4.78 is 0. The second-order valence-electron chi connectivity index (χ2n) is 4.15. The average molecular weight is 262 g/mol. The lowest BCUT2D eigenvalue weighted by Crippen LogP contribution is -2.03. The molecule has 0 bridgehead atoms. The van der Waals surface area contributed by atoms with Crippen LogP contribution in [0, 0.1) is 11.3 Å². The minimum Gasteiger partial charge on any atom is -0.397 e. The monoisotopic (exact) mass is 262 g/mol. The molecule has 0 radical (unpaired) electrons. The molecule has 6 nitrogen and oxygen atoms in total. The average Bonchev–Trinajstić information content (AvgIpc) is 2.97. The van der Waals surface area contributed by atoms with E-state index in [1.54, 1.807) is 18.2 Å². The molecule has 3 rings (SSSR count). The van der Waals surface area contributed by atoms with Gasteiger partial charge in [-0.3, -0.25) is 0 Å². The zero-order chi connectivity index (χ0) is 13.9. The molecule has 0 unspecified atom stereocenters. The van der Waals surface area contributed by atoms with Crippen molar-refractivity contribution in [3.8, 4) is 23.1 Å². The number of nitriles is 1. The maximum absolute atomic E-state index is 8.82. The summed E-state index contributed by atoms with van der Waals surface area (Å²) >= 11 is 0. The standard InChI is InChI=1S/C14H10N6/c15-9-10-6-7-13(12(16)8-10)20-18-14(17-19-20)11-4-2-1-3-5-11/h1-8H,16H2. The lowest BCUT2D eigenvalue weighted by molar-refractivity contribution is 0.722. The third-order valence-electron chi connectivity index (χ3n) is 2.82. The highest BCUT2D eigenvalue weighted by molar-refractivity contribution is 5.61. The van der Waals surface area contributed by atoms with Crippen molar-refractivity contribution in [1.29, 1.82) is 5.26 Å². The Morgan fingerprint density at radius 2 is 1.90 bits per heavy atom. The molecule has 0 aliphatic rings. The van der Waals surface area contributed by atoms with E-state index in [2.05, 4.69) is 15.4 Å². The molecule has 1 aromatic heterocycles. The SMILES string of the molecule is N#Cc1ccc(-n2nnc(-c3ccccc3)n2)c(N)c1. The first-order chi connectivity index (χ1) is 9.78. The van der Waals surface area contributed by atoms with Crippen LogP contribution in [-0.2, 0) is 0 Å². The van der Waals surface area contributed by atoms with Crippen LogP contribution in [0.1, 0.15) is 5.56 Å². The summed E-state index contributed by atoms with van der Waals surface area (Å²) in [5.74, 6) is 0.523. The number of benzene rings is 2. The first-order valence-corrected chi connectivity index (χ1v) is 5.93. The van der Waals surface area contributed by atoms with Gasteiger partial charge in [0.05, 0.1) is 17.3 Å². The Morgan fingerprint density at radius 3 is 2.60 bits per heavy atom. The second kappa shape index (κ2) is 4.82. The zero-order valence-electron chi connectivity index (χ0n) is 10.4. The normalized spacial score (nSPS) is 10.2. The van der Waals surface area contributed by atoms with Gasteiger partial charge in [-0.15, -0.1) is 15.0 Å². The van der Waals surface area contributed by atoms with E-state index in [0.29, 0.717) is 22.8 Å². The molecular weight excluding hydrogens is 252 g/mol. The Hall–Kier alpha value is -3.20. The van der Waals surface area contributed by atoms with Gasteiger partial charge in [0.1, 0.15) is 5.69 Å². The fraction of sp³-hybridized carbons (Fsp3) is 0. The van der Waals surface area contributed by atoms with Crippen LogP contribution in [-0.4, -0.2) is 20.2 Å². The predicted molar refractivity (Wildman–Crippen MR) is 73.7 cm³/mol. The minimum atomic E-state index is 0.432. The highest BCUT2D eigenvalue weighted by Crippen LogP contribution is 2.19. The summed E-state index contributed by atoms with van der Waals surface area (Å²) in [6, 6.07) is 16.5. The Labute approximate surface area is 115 Å². The van der Waals surface area contributed by atoms with Crippen LogP contribution in [0.4, 0.5) is 5.69 Å². The van der Waals surface area contributed by atoms with Crippen LogP contribution in [0.2, 0.25) is 0 Å². The van der Waals surface area contributed by atoms with Gasteiger partial charge in [-0.05, 0) is 23.4 Å². The Balaban J connectivity index is 2.01. The topological polar surface area (TPSA) is 93.4 Å². The molecule has 96 valence electrons. The van der Waals surface area contributed by atoms with E-state index in [0.717, 1.165) is 5.56 Å². The summed E-state index contributed by atoms with van der Waals surface area (Å²) in [4.78, 5) is 1.36. The smallest absolute Gasteiger partial charge is 0.205 e. The van der Waals surface area contributed by atoms with Gasteiger partial charge in [0.2, 0.25) is 5.82 Å². The molecule has 20 heavy (non-hydrogen) atoms. The molecule has 0 saturated heterocycles. The molecule has 0 spiro atoms. The van der Waals surface area contributed by atoms with Crippen LogP contribution in [0.3, 0.4) is 0 Å². The van der Waals surface area contributed by atoms with Crippen molar-refractivity contribution in [3.63, 3.8) is 0 Å². The second-order valence-corrected chi connectivity index (χ2v) is 4.15. The first-order valence-electron chi connectivity index (χ1n) is 5.93. The summed E-state index contributed by atoms with van der Waals surface area (Å²) in [6.45, 7) is 0. The van der Waals surface area contributed by atoms with Crippen LogP contribution in [0.15, 0.2) is 48.5 Å². The molecule has 0 aliphatic heterocycles. The largest absolute Gasteiger partial charge is 0.397 e. The van der Waals surface area contributed by atoms with Crippen molar-refractivity contribution in [2.24, 2.45) is 0 Å². The Morgan fingerprint density at radius 1 is 1.10 bits per heavy atom. The van der Waals surface area contributed by atoms with Crippen molar-refractivity contribution >= 4 is 5.69 Å². The number of anilines is 1. The maximum atomic E-state index is 8.82. The van der Waals surface area contributed by atoms with Crippen molar-refractivity contribution in [2.75, 3.05) is 5.73 Å². The number of nitrogens with two attached hydrogens (primary N) is 1. The lowest BCUT2D eigenvalue weighted by Gasteiger charge is -2.02. The molecule has 0 atom stereocenters. The number of nitrogen functional groups attached to an aromatic ring is 1. The van der Waals surface area contributed by atoms with Crippen LogP contribution >= 0.6 is 0 Å². The van der Waals surface area contributed by atoms with Crippen LogP contribution in [0.25, 0.3) is 17.1 Å². The number of tetrazole rings is 1. The maximum Gasteiger partial charge on any atom is 0.205 e. The summed E-state index contributed by atoms with van der Waals surface area (Å²) in [5.41, 5.74) is 8.30. The number of rotatable bonds is 2. The molecule has 3 aromatic rings. The first kappa shape index (κ1) is 11.9. The van der Waals surface area contributed by atoms with Gasteiger partial charge < -0.3 is 5.73 Å². The van der Waals surface area contributed by atoms with E-state index in [-0.39, 0.29) is 0 Å². The van der Waals surface area contributed by atoms with E-state index >= 15 is 0 Å². The highest BCUT2D eigenvalue weighted by atomic mass is 15.6. The minimum absolute atomic E-state index is 0.432. The molecule has 2 N–H and O–H groups in total. The fourth-order valence-electron chi connectivity index (χ4n) is 1.83. The predicted octanol–water partition coefficient (Wildman–Crippen LogP) is 1.78. The molecule has 6 heteroatoms. The highest BCUT2D eigenvalue weighted by Gasteiger charge is 2.09. The van der Waals surface area contributed by atoms with E-state index in [1.165, 1.54) is 4.80 Å². The third-order valence-corrected chi connectivity index (χ3v) is 2.82. The van der Waals surface area contributed by atoms with Gasteiger partial charge in [0.25, 0.3) is 0 Å². The summed E-state index contributed by atoms with van der Waals surface area (Å²) in [7, 11) is 0. The number of hydrogen-bond donors (Lipinski definition) is 1. The lowest BCUT2D eigenvalue weighted by atomic mass is 10.2. The van der Waals surface area contributed by atoms with Gasteiger partial charge in [0.15, 0.2) is 0 Å². The summed E-state index contributed by atoms with van der Waals surface area (Å²) in [5, 5.41) is 21.1. The van der Waals surface area contributed by atoms with Crippen molar-refractivity contribution in [1.82, 2.24) is 20.2 Å². The molecule has 0 saturated carbocycles. The fourth-order valence-corrected chi connectivity index (χ4v) is 1.83. The third kappa shape index (κ3) is 2.08. The molecule has 2 aromatic carbocycles. The summed E-state index contributed by atoms with van der Waals surface area (Å²) in [6.07, 6.45) is 0. The zero-order valence-corrected chi connectivity index (χ0v) is 10.4. The van der Waals surface area contributed by atoms with E-state index in [9.17, 15) is 0 Å². The van der Waals surface area contributed by atoms with Gasteiger partial charge >= 0.3 is 0 Å². The van der Waals surface area contributed by atoms with E-state index < -0.39 is 0 Å². The number of aromatic nitrogens is 4. The van der Waals surface area contributed by atoms with Crippen LogP contribution in [0.5, 0.6) is 0 Å². The molecular formula is C14H10N6. The van der Waals surface area contributed by atoms with E-state index in [4.69, 9.17) is 11.0 Å². The molecule has 0 aliphatic carbocycles. The van der Waals surface area contributed by atoms with Crippen molar-refractivity contribution < 1.29 is 0 Å². The number of hydrogen-bond acceptors (Lipinski definition) is 5. The van der Waals surface area contributed by atoms with Gasteiger partial charge in [-0.2, -0.15) is 5.26 Å². The quantitative estimate of drug-likeness (QED) is 0.710. The van der Waals surface area contributed by atoms with Gasteiger partial charge in [0, 0.05) is 5.56 Å². The Kier molecular flexibility index (Phi) is 2.86.